The lowest BCUT2D eigenvalue weighted by atomic mass is 10.2. The number of hydrogen-bond acceptors (Lipinski definition) is 3. The molecule has 0 N–H and O–H groups in total. The molecule has 0 aliphatic carbocycles. The minimum atomic E-state index is -1.63. The molecule has 0 aromatic heterocycles. The Morgan fingerprint density at radius 2 is 2.06 bits per heavy atom. The predicted molar refractivity (Wildman–Crippen MR) is 67.5 cm³/mol. The van der Waals surface area contributed by atoms with Crippen LogP contribution in [0.15, 0.2) is 29.2 Å². The highest BCUT2D eigenvalue weighted by Crippen LogP contribution is 2.21. The van der Waals surface area contributed by atoms with E-state index in [2.05, 4.69) is 0 Å². The first-order valence-electron chi connectivity index (χ1n) is 5.90. The van der Waals surface area contributed by atoms with Gasteiger partial charge < -0.3 is 9.47 Å². The van der Waals surface area contributed by atoms with Gasteiger partial charge in [0.15, 0.2) is 6.29 Å². The second-order valence-corrected chi connectivity index (χ2v) is 5.99. The van der Waals surface area contributed by atoms with Crippen molar-refractivity contribution in [2.24, 2.45) is 0 Å². The summed E-state index contributed by atoms with van der Waals surface area (Å²) >= 11 is 6.05. The molecule has 0 amide bonds. The van der Waals surface area contributed by atoms with Crippen molar-refractivity contribution in [2.45, 2.75) is 29.2 Å². The summed E-state index contributed by atoms with van der Waals surface area (Å²) in [6.45, 7) is 2.94. The van der Waals surface area contributed by atoms with E-state index < -0.39 is 21.8 Å². The zero-order valence-electron chi connectivity index (χ0n) is 10.5. The summed E-state index contributed by atoms with van der Waals surface area (Å²) in [7, 11) is -1.63. The van der Waals surface area contributed by atoms with E-state index in [1.54, 1.807) is 12.1 Å². The van der Waals surface area contributed by atoms with Gasteiger partial charge in [-0.15, -0.1) is 11.6 Å². The van der Waals surface area contributed by atoms with Crippen LogP contribution in [0.4, 0.5) is 0 Å². The average Bonchev–Trinajstić information content (AvgIpc) is 2.81. The fraction of sp³-hybridized carbons (Fsp3) is 0.500. The fourth-order valence-electron chi connectivity index (χ4n) is 1.52. The van der Waals surface area contributed by atoms with Crippen LogP contribution in [0.25, 0.3) is 0 Å². The van der Waals surface area contributed by atoms with E-state index in [-0.39, 0.29) is 6.42 Å². The molecule has 0 bridgehead atoms. The van der Waals surface area contributed by atoms with Gasteiger partial charge in [0.1, 0.15) is 4.69 Å². The molecular formula is C12H15ClO3S. The van der Waals surface area contributed by atoms with Gasteiger partial charge in [-0.1, -0.05) is 17.7 Å². The van der Waals surface area contributed by atoms with Crippen molar-refractivity contribution in [2.75, 3.05) is 13.2 Å². The van der Waals surface area contributed by atoms with Crippen LogP contribution in [-0.4, -0.2) is 28.4 Å². The van der Waals surface area contributed by atoms with E-state index in [0.717, 1.165) is 5.56 Å². The van der Waals surface area contributed by atoms with Crippen molar-refractivity contribution in [1.29, 1.82) is 0 Å². The third-order valence-electron chi connectivity index (χ3n) is 2.45. The molecule has 1 unspecified atom stereocenters. The zero-order valence-corrected chi connectivity index (χ0v) is 11.1. The number of rotatable bonds is 4. The second kappa shape index (κ2) is 5.96. The van der Waals surface area contributed by atoms with Gasteiger partial charge in [-0.05, 0) is 19.1 Å². The van der Waals surface area contributed by atoms with Crippen LogP contribution >= 0.6 is 11.6 Å². The highest BCUT2D eigenvalue weighted by molar-refractivity contribution is 7.87. The minimum Gasteiger partial charge on any atom is -0.350 e. The largest absolute Gasteiger partial charge is 0.350 e. The van der Waals surface area contributed by atoms with Crippen LogP contribution in [0.1, 0.15) is 13.4 Å². The topological polar surface area (TPSA) is 35.5 Å². The Labute approximate surface area is 110 Å². The molecule has 5 heteroatoms. The molecule has 17 heavy (non-hydrogen) atoms. The number of ether oxygens (including phenoxy) is 2. The SMILES string of the molecule is [2H][C@](Cl)(CC1OCCO1)S(=O)c1ccc(C)cc1. The van der Waals surface area contributed by atoms with E-state index in [1.165, 1.54) is 0 Å². The Hall–Kier alpha value is -0.420. The standard InChI is InChI=1S/C12H15ClO3S/c1-9-2-4-10(5-3-9)17(14)11(13)8-12-15-6-7-16-12/h2-5,11-12H,6-8H2,1H3/t11-,17?/m1/s1/i11D. The molecule has 1 fully saturated rings. The first kappa shape index (κ1) is 11.7. The molecule has 0 radical (unpaired) electrons. The van der Waals surface area contributed by atoms with Gasteiger partial charge in [-0.3, -0.25) is 4.21 Å². The van der Waals surface area contributed by atoms with E-state index in [1.807, 2.05) is 19.1 Å². The molecule has 3 nitrogen and oxygen atoms in total. The van der Waals surface area contributed by atoms with Crippen molar-refractivity contribution in [3.05, 3.63) is 29.8 Å². The van der Waals surface area contributed by atoms with Crippen LogP contribution in [0.5, 0.6) is 0 Å². The van der Waals surface area contributed by atoms with E-state index in [0.29, 0.717) is 18.1 Å². The van der Waals surface area contributed by atoms with Gasteiger partial charge in [0, 0.05) is 11.3 Å². The molecule has 1 aliphatic rings. The van der Waals surface area contributed by atoms with Gasteiger partial charge in [-0.2, -0.15) is 0 Å². The number of aryl methyl sites for hydroxylation is 1. The van der Waals surface area contributed by atoms with Crippen molar-refractivity contribution in [1.82, 2.24) is 0 Å². The third-order valence-corrected chi connectivity index (χ3v) is 4.30. The van der Waals surface area contributed by atoms with Crippen LogP contribution in [0, 0.1) is 6.92 Å². The Morgan fingerprint density at radius 1 is 1.47 bits per heavy atom. The average molecular weight is 276 g/mol. The predicted octanol–water partition coefficient (Wildman–Crippen LogP) is 2.43. The summed E-state index contributed by atoms with van der Waals surface area (Å²) in [4.78, 5) is 0.545. The van der Waals surface area contributed by atoms with Gasteiger partial charge in [0.2, 0.25) is 0 Å². The second-order valence-electron chi connectivity index (χ2n) is 3.81. The van der Waals surface area contributed by atoms with E-state index in [4.69, 9.17) is 22.4 Å². The normalized spacial score (nSPS) is 23.1. The highest BCUT2D eigenvalue weighted by Gasteiger charge is 2.24. The Balaban J connectivity index is 2.08. The molecule has 1 aromatic rings. The van der Waals surface area contributed by atoms with Gasteiger partial charge in [-0.25, -0.2) is 0 Å². The van der Waals surface area contributed by atoms with Gasteiger partial charge in [0.25, 0.3) is 0 Å². The number of hydrogen-bond donors (Lipinski definition) is 0. The summed E-state index contributed by atoms with van der Waals surface area (Å²) in [5, 5.41) is 0. The Morgan fingerprint density at radius 3 is 2.65 bits per heavy atom. The lowest BCUT2D eigenvalue weighted by Gasteiger charge is -2.13. The van der Waals surface area contributed by atoms with E-state index in [9.17, 15) is 4.21 Å². The first-order chi connectivity index (χ1) is 8.49. The fourth-order valence-corrected chi connectivity index (χ4v) is 2.84. The maximum Gasteiger partial charge on any atom is 0.160 e. The molecular weight excluding hydrogens is 260 g/mol. The Kier molecular flexibility index (Phi) is 4.08. The Bertz CT molecular complexity index is 429. The molecule has 1 aromatic carbocycles. The third kappa shape index (κ3) is 3.52. The highest BCUT2D eigenvalue weighted by atomic mass is 35.5. The van der Waals surface area contributed by atoms with Crippen LogP contribution in [0.3, 0.4) is 0 Å². The molecule has 0 spiro atoms. The van der Waals surface area contributed by atoms with Gasteiger partial charge in [0.05, 0.1) is 25.4 Å². The molecule has 2 rings (SSSR count). The van der Waals surface area contributed by atoms with Gasteiger partial charge >= 0.3 is 0 Å². The maximum absolute atomic E-state index is 12.2. The quantitative estimate of drug-likeness (QED) is 0.792. The minimum absolute atomic E-state index is 0.0784. The molecule has 1 aliphatic heterocycles. The lowest BCUT2D eigenvalue weighted by Crippen LogP contribution is -2.18. The number of halogens is 1. The first-order valence-corrected chi connectivity index (χ1v) is 6.92. The van der Waals surface area contributed by atoms with Crippen molar-refractivity contribution >= 4 is 22.4 Å². The monoisotopic (exact) mass is 275 g/mol. The zero-order chi connectivity index (χ0) is 13.2. The molecule has 1 heterocycles. The summed E-state index contributed by atoms with van der Waals surface area (Å²) in [6.07, 6.45) is -0.455. The van der Waals surface area contributed by atoms with Crippen molar-refractivity contribution in [3.63, 3.8) is 0 Å². The van der Waals surface area contributed by atoms with Crippen molar-refractivity contribution < 1.29 is 15.1 Å². The summed E-state index contributed by atoms with van der Waals surface area (Å²) < 4.78 is 29.1. The summed E-state index contributed by atoms with van der Waals surface area (Å²) in [5.74, 6) is 0. The molecule has 2 atom stereocenters. The van der Waals surface area contributed by atoms with Crippen LogP contribution in [0.2, 0.25) is 0 Å². The van der Waals surface area contributed by atoms with Crippen LogP contribution in [-0.2, 0) is 20.3 Å². The summed E-state index contributed by atoms with van der Waals surface area (Å²) in [5.41, 5.74) is 1.07. The van der Waals surface area contributed by atoms with Crippen LogP contribution < -0.4 is 0 Å². The molecule has 94 valence electrons. The smallest absolute Gasteiger partial charge is 0.160 e. The van der Waals surface area contributed by atoms with E-state index >= 15 is 0 Å². The number of benzene rings is 1. The maximum atomic E-state index is 12.2. The van der Waals surface area contributed by atoms with Crippen molar-refractivity contribution in [3.8, 4) is 0 Å². The lowest BCUT2D eigenvalue weighted by molar-refractivity contribution is -0.0438. The summed E-state index contributed by atoms with van der Waals surface area (Å²) in [6, 6.07) is 7.16. The number of alkyl halides is 1. The molecule has 0 saturated carbocycles. The molecule has 1 saturated heterocycles.